The smallest absolute Gasteiger partial charge is 0.243 e. The fourth-order valence-corrected chi connectivity index (χ4v) is 2.57. The highest BCUT2D eigenvalue weighted by Gasteiger charge is 2.12. The normalized spacial score (nSPS) is 10.4. The summed E-state index contributed by atoms with van der Waals surface area (Å²) in [4.78, 5) is 14.3. The third-order valence-electron chi connectivity index (χ3n) is 3.44. The van der Waals surface area contributed by atoms with E-state index in [1.807, 2.05) is 54.3 Å². The predicted octanol–water partition coefficient (Wildman–Crippen LogP) is 3.48. The Morgan fingerprint density at radius 2 is 1.96 bits per heavy atom. The first-order chi connectivity index (χ1) is 11.1. The van der Waals surface area contributed by atoms with Crippen LogP contribution in [-0.2, 0) is 4.79 Å². The summed E-state index contributed by atoms with van der Waals surface area (Å²) in [6.45, 7) is 2.85. The number of anilines is 2. The first-order valence-corrected chi connectivity index (χ1v) is 7.95. The van der Waals surface area contributed by atoms with E-state index >= 15 is 0 Å². The summed E-state index contributed by atoms with van der Waals surface area (Å²) in [5.41, 5.74) is 2.60. The van der Waals surface area contributed by atoms with Crippen LogP contribution in [0.5, 0.6) is 0 Å². The van der Waals surface area contributed by atoms with Crippen LogP contribution in [0.1, 0.15) is 12.0 Å². The Labute approximate surface area is 141 Å². The van der Waals surface area contributed by atoms with Gasteiger partial charge in [0.1, 0.15) is 0 Å². The number of rotatable bonds is 7. The van der Waals surface area contributed by atoms with Gasteiger partial charge < -0.3 is 15.3 Å². The highest BCUT2D eigenvalue weighted by atomic mass is 35.5. The first kappa shape index (κ1) is 17.3. The van der Waals surface area contributed by atoms with Gasteiger partial charge in [-0.1, -0.05) is 35.9 Å². The van der Waals surface area contributed by atoms with Crippen molar-refractivity contribution < 1.29 is 9.90 Å². The Morgan fingerprint density at radius 3 is 2.61 bits per heavy atom. The molecule has 5 heteroatoms. The number of carbonyl (C=O) groups excluding carboxylic acids is 1. The zero-order valence-corrected chi connectivity index (χ0v) is 13.9. The molecule has 1 amide bonds. The highest BCUT2D eigenvalue weighted by Crippen LogP contribution is 2.23. The molecule has 0 radical (unpaired) electrons. The summed E-state index contributed by atoms with van der Waals surface area (Å²) in [6, 6.07) is 15.2. The number of hydrogen-bond acceptors (Lipinski definition) is 3. The number of aliphatic hydroxyl groups excluding tert-OH is 1. The number of aryl methyl sites for hydroxylation is 1. The van der Waals surface area contributed by atoms with Crippen LogP contribution in [0.3, 0.4) is 0 Å². The summed E-state index contributed by atoms with van der Waals surface area (Å²) in [5, 5.41) is 12.4. The van der Waals surface area contributed by atoms with E-state index in [2.05, 4.69) is 5.32 Å². The molecular formula is C18H21ClN2O2. The molecule has 0 saturated heterocycles. The van der Waals surface area contributed by atoms with Gasteiger partial charge in [-0.15, -0.1) is 0 Å². The van der Waals surface area contributed by atoms with Crippen molar-refractivity contribution in [3.8, 4) is 0 Å². The molecule has 0 aromatic heterocycles. The van der Waals surface area contributed by atoms with E-state index in [1.54, 1.807) is 6.07 Å². The molecule has 0 bridgehead atoms. The summed E-state index contributed by atoms with van der Waals surface area (Å²) >= 11 is 6.15. The maximum Gasteiger partial charge on any atom is 0.243 e. The van der Waals surface area contributed by atoms with Gasteiger partial charge >= 0.3 is 0 Å². The van der Waals surface area contributed by atoms with E-state index in [1.165, 1.54) is 0 Å². The molecule has 2 N–H and O–H groups in total. The molecule has 122 valence electrons. The SMILES string of the molecule is Cc1ccc(NC(=O)CN(CCCO)c2ccccc2)c(Cl)c1. The van der Waals surface area contributed by atoms with Crippen LogP contribution < -0.4 is 10.2 Å². The van der Waals surface area contributed by atoms with Gasteiger partial charge in [0.2, 0.25) is 5.91 Å². The molecule has 0 aliphatic rings. The molecule has 23 heavy (non-hydrogen) atoms. The standard InChI is InChI=1S/C18H21ClN2O2/c1-14-8-9-17(16(19)12-14)20-18(23)13-21(10-5-11-22)15-6-3-2-4-7-15/h2-4,6-9,12,22H,5,10-11,13H2,1H3,(H,20,23). The van der Waals surface area contributed by atoms with Crippen LogP contribution in [0, 0.1) is 6.92 Å². The predicted molar refractivity (Wildman–Crippen MR) is 95.2 cm³/mol. The lowest BCUT2D eigenvalue weighted by Crippen LogP contribution is -2.34. The fourth-order valence-electron chi connectivity index (χ4n) is 2.28. The summed E-state index contributed by atoms with van der Waals surface area (Å²) in [5.74, 6) is -0.141. The highest BCUT2D eigenvalue weighted by molar-refractivity contribution is 6.33. The number of carbonyl (C=O) groups is 1. The van der Waals surface area contributed by atoms with Gasteiger partial charge in [-0.05, 0) is 43.2 Å². The average Bonchev–Trinajstić information content (AvgIpc) is 2.55. The van der Waals surface area contributed by atoms with Crippen molar-refractivity contribution >= 4 is 28.9 Å². The van der Waals surface area contributed by atoms with Crippen molar-refractivity contribution in [3.05, 3.63) is 59.1 Å². The van der Waals surface area contributed by atoms with Gasteiger partial charge in [0.25, 0.3) is 0 Å². The zero-order valence-electron chi connectivity index (χ0n) is 13.1. The van der Waals surface area contributed by atoms with Gasteiger partial charge in [0, 0.05) is 18.8 Å². The summed E-state index contributed by atoms with van der Waals surface area (Å²) < 4.78 is 0. The van der Waals surface area contributed by atoms with E-state index in [9.17, 15) is 4.79 Å². The van der Waals surface area contributed by atoms with Crippen LogP contribution >= 0.6 is 11.6 Å². The van der Waals surface area contributed by atoms with Crippen molar-refractivity contribution in [3.63, 3.8) is 0 Å². The Morgan fingerprint density at radius 1 is 1.22 bits per heavy atom. The number of hydrogen-bond donors (Lipinski definition) is 2. The Balaban J connectivity index is 2.05. The molecule has 0 heterocycles. The summed E-state index contributed by atoms with van der Waals surface area (Å²) in [6.07, 6.45) is 0.605. The van der Waals surface area contributed by atoms with Crippen molar-refractivity contribution in [1.82, 2.24) is 0 Å². The lowest BCUT2D eigenvalue weighted by Gasteiger charge is -2.24. The molecular weight excluding hydrogens is 312 g/mol. The number of nitrogens with zero attached hydrogens (tertiary/aromatic N) is 1. The quantitative estimate of drug-likeness (QED) is 0.816. The second-order valence-corrected chi connectivity index (χ2v) is 5.77. The van der Waals surface area contributed by atoms with E-state index < -0.39 is 0 Å². The first-order valence-electron chi connectivity index (χ1n) is 7.57. The van der Waals surface area contributed by atoms with Gasteiger partial charge in [-0.3, -0.25) is 4.79 Å². The Hall–Kier alpha value is -2.04. The largest absolute Gasteiger partial charge is 0.396 e. The Bertz CT molecular complexity index is 647. The van der Waals surface area contributed by atoms with Crippen LogP contribution in [0.2, 0.25) is 5.02 Å². The maximum atomic E-state index is 12.3. The van der Waals surface area contributed by atoms with Crippen LogP contribution in [0.15, 0.2) is 48.5 Å². The molecule has 0 aliphatic heterocycles. The zero-order chi connectivity index (χ0) is 16.7. The molecule has 0 aliphatic carbocycles. The second kappa shape index (κ2) is 8.56. The second-order valence-electron chi connectivity index (χ2n) is 5.37. The third-order valence-corrected chi connectivity index (χ3v) is 3.75. The third kappa shape index (κ3) is 5.27. The number of benzene rings is 2. The minimum absolute atomic E-state index is 0.0920. The van der Waals surface area contributed by atoms with Crippen molar-refractivity contribution in [2.45, 2.75) is 13.3 Å². The van der Waals surface area contributed by atoms with Crippen molar-refractivity contribution in [2.24, 2.45) is 0 Å². The van der Waals surface area contributed by atoms with Crippen molar-refractivity contribution in [2.75, 3.05) is 29.9 Å². The number of halogens is 1. The number of amides is 1. The topological polar surface area (TPSA) is 52.6 Å². The van der Waals surface area contributed by atoms with Crippen LogP contribution in [0.4, 0.5) is 11.4 Å². The van der Waals surface area contributed by atoms with Crippen LogP contribution in [0.25, 0.3) is 0 Å². The lowest BCUT2D eigenvalue weighted by molar-refractivity contribution is -0.115. The molecule has 2 rings (SSSR count). The average molecular weight is 333 g/mol. The maximum absolute atomic E-state index is 12.3. The van der Waals surface area contributed by atoms with Gasteiger partial charge in [-0.25, -0.2) is 0 Å². The minimum atomic E-state index is -0.141. The molecule has 0 spiro atoms. The molecule has 0 saturated carbocycles. The summed E-state index contributed by atoms with van der Waals surface area (Å²) in [7, 11) is 0. The van der Waals surface area contributed by atoms with E-state index in [0.29, 0.717) is 23.7 Å². The lowest BCUT2D eigenvalue weighted by atomic mass is 10.2. The van der Waals surface area contributed by atoms with E-state index in [4.69, 9.17) is 16.7 Å². The van der Waals surface area contributed by atoms with Gasteiger partial charge in [0.05, 0.1) is 17.3 Å². The molecule has 2 aromatic rings. The van der Waals surface area contributed by atoms with E-state index in [0.717, 1.165) is 11.3 Å². The number of nitrogens with one attached hydrogen (secondary N) is 1. The Kier molecular flexibility index (Phi) is 6.44. The number of para-hydroxylation sites is 1. The molecule has 2 aromatic carbocycles. The molecule has 0 unspecified atom stereocenters. The van der Waals surface area contributed by atoms with Gasteiger partial charge in [-0.2, -0.15) is 0 Å². The fraction of sp³-hybridized carbons (Fsp3) is 0.278. The van der Waals surface area contributed by atoms with E-state index in [-0.39, 0.29) is 19.1 Å². The van der Waals surface area contributed by atoms with Crippen molar-refractivity contribution in [1.29, 1.82) is 0 Å². The van der Waals surface area contributed by atoms with Crippen LogP contribution in [-0.4, -0.2) is 30.7 Å². The molecule has 4 nitrogen and oxygen atoms in total. The minimum Gasteiger partial charge on any atom is -0.396 e. The molecule has 0 atom stereocenters. The monoisotopic (exact) mass is 332 g/mol. The molecule has 0 fully saturated rings. The van der Waals surface area contributed by atoms with Gasteiger partial charge in [0.15, 0.2) is 0 Å². The number of aliphatic hydroxyl groups is 1.